The van der Waals surface area contributed by atoms with Crippen LogP contribution in [0.25, 0.3) is 0 Å². The number of piperazine rings is 1. The predicted molar refractivity (Wildman–Crippen MR) is 97.9 cm³/mol. The van der Waals surface area contributed by atoms with Crippen LogP contribution in [-0.4, -0.2) is 36.0 Å². The molecule has 0 aromatic heterocycles. The Morgan fingerprint density at radius 3 is 2.33 bits per heavy atom. The Bertz CT molecular complexity index is 712. The van der Waals surface area contributed by atoms with Crippen LogP contribution in [0.3, 0.4) is 0 Å². The van der Waals surface area contributed by atoms with Crippen LogP contribution in [0.5, 0.6) is 0 Å². The first-order valence-corrected chi connectivity index (χ1v) is 8.75. The molecule has 0 unspecified atom stereocenters. The first-order chi connectivity index (χ1) is 11.7. The monoisotopic (exact) mass is 339 g/mol. The summed E-state index contributed by atoms with van der Waals surface area (Å²) in [5.41, 5.74) is 3.19. The van der Waals surface area contributed by atoms with Gasteiger partial charge in [-0.25, -0.2) is 0 Å². The van der Waals surface area contributed by atoms with Crippen molar-refractivity contribution in [3.05, 3.63) is 70.2 Å². The maximum Gasteiger partial charge on any atom is 0.0991 e. The van der Waals surface area contributed by atoms with Gasteiger partial charge in [0.15, 0.2) is 0 Å². The quantitative estimate of drug-likeness (QED) is 0.840. The molecule has 1 aliphatic heterocycles. The van der Waals surface area contributed by atoms with E-state index in [1.54, 1.807) is 0 Å². The maximum absolute atomic E-state index is 8.87. The maximum atomic E-state index is 8.87. The molecule has 3 nitrogen and oxygen atoms in total. The SMILES string of the molecule is C[C@@H](c1ccccc1Cl)N1CCN(Cc2ccc(C#N)cc2)CC1. The van der Waals surface area contributed by atoms with Crippen molar-refractivity contribution in [1.82, 2.24) is 9.80 Å². The largest absolute Gasteiger partial charge is 0.297 e. The smallest absolute Gasteiger partial charge is 0.0991 e. The van der Waals surface area contributed by atoms with Crippen molar-refractivity contribution in [3.63, 3.8) is 0 Å². The zero-order chi connectivity index (χ0) is 16.9. The number of hydrogen-bond donors (Lipinski definition) is 0. The van der Waals surface area contributed by atoms with E-state index in [1.807, 2.05) is 24.3 Å². The molecule has 0 aliphatic carbocycles. The van der Waals surface area contributed by atoms with E-state index >= 15 is 0 Å². The second-order valence-corrected chi connectivity index (χ2v) is 6.73. The summed E-state index contributed by atoms with van der Waals surface area (Å²) >= 11 is 6.34. The van der Waals surface area contributed by atoms with E-state index < -0.39 is 0 Å². The molecule has 0 spiro atoms. The van der Waals surface area contributed by atoms with Crippen molar-refractivity contribution in [1.29, 1.82) is 5.26 Å². The Morgan fingerprint density at radius 1 is 1.04 bits per heavy atom. The molecule has 1 fully saturated rings. The Morgan fingerprint density at radius 2 is 1.71 bits per heavy atom. The summed E-state index contributed by atoms with van der Waals surface area (Å²) in [6.45, 7) is 7.37. The normalized spacial score (nSPS) is 17.4. The molecular weight excluding hydrogens is 318 g/mol. The highest BCUT2D eigenvalue weighted by Gasteiger charge is 2.23. The van der Waals surface area contributed by atoms with Gasteiger partial charge in [0.1, 0.15) is 0 Å². The van der Waals surface area contributed by atoms with Crippen molar-refractivity contribution in [3.8, 4) is 6.07 Å². The van der Waals surface area contributed by atoms with E-state index in [0.717, 1.165) is 43.3 Å². The summed E-state index contributed by atoms with van der Waals surface area (Å²) in [6, 6.07) is 18.5. The highest BCUT2D eigenvalue weighted by atomic mass is 35.5. The highest BCUT2D eigenvalue weighted by molar-refractivity contribution is 6.31. The van der Waals surface area contributed by atoms with Gasteiger partial charge in [-0.15, -0.1) is 0 Å². The van der Waals surface area contributed by atoms with Crippen molar-refractivity contribution in [2.75, 3.05) is 26.2 Å². The van der Waals surface area contributed by atoms with Crippen LogP contribution in [-0.2, 0) is 6.54 Å². The highest BCUT2D eigenvalue weighted by Crippen LogP contribution is 2.27. The summed E-state index contributed by atoms with van der Waals surface area (Å²) in [5, 5.41) is 9.72. The van der Waals surface area contributed by atoms with Crippen LogP contribution in [0.4, 0.5) is 0 Å². The predicted octanol–water partition coefficient (Wildman–Crippen LogP) is 4.09. The zero-order valence-corrected chi connectivity index (χ0v) is 14.7. The van der Waals surface area contributed by atoms with E-state index in [4.69, 9.17) is 16.9 Å². The van der Waals surface area contributed by atoms with E-state index in [2.05, 4.69) is 47.1 Å². The molecule has 1 atom stereocenters. The summed E-state index contributed by atoms with van der Waals surface area (Å²) in [7, 11) is 0. The van der Waals surface area contributed by atoms with E-state index in [9.17, 15) is 0 Å². The number of hydrogen-bond acceptors (Lipinski definition) is 3. The van der Waals surface area contributed by atoms with Gasteiger partial charge in [0.2, 0.25) is 0 Å². The average Bonchev–Trinajstić information content (AvgIpc) is 2.63. The molecule has 1 aliphatic rings. The molecule has 4 heteroatoms. The molecule has 0 amide bonds. The number of halogens is 1. The summed E-state index contributed by atoms with van der Waals surface area (Å²) in [6.07, 6.45) is 0. The second kappa shape index (κ2) is 7.81. The molecule has 2 aromatic carbocycles. The lowest BCUT2D eigenvalue weighted by molar-refractivity contribution is 0.0979. The van der Waals surface area contributed by atoms with Crippen LogP contribution < -0.4 is 0 Å². The van der Waals surface area contributed by atoms with Crippen molar-refractivity contribution >= 4 is 11.6 Å². The van der Waals surface area contributed by atoms with Gasteiger partial charge in [0.05, 0.1) is 11.6 Å². The third kappa shape index (κ3) is 3.96. The van der Waals surface area contributed by atoms with Gasteiger partial charge in [0, 0.05) is 43.8 Å². The molecule has 3 rings (SSSR count). The van der Waals surface area contributed by atoms with Gasteiger partial charge < -0.3 is 0 Å². The fraction of sp³-hybridized carbons (Fsp3) is 0.350. The average molecular weight is 340 g/mol. The Balaban J connectivity index is 1.55. The lowest BCUT2D eigenvalue weighted by Gasteiger charge is -2.38. The molecule has 0 saturated carbocycles. The molecular formula is C20H22ClN3. The molecule has 1 heterocycles. The minimum absolute atomic E-state index is 0.343. The number of nitriles is 1. The fourth-order valence-corrected chi connectivity index (χ4v) is 3.56. The molecule has 0 N–H and O–H groups in total. The third-order valence-electron chi connectivity index (χ3n) is 4.80. The van der Waals surface area contributed by atoms with E-state index in [-0.39, 0.29) is 0 Å². The standard InChI is InChI=1S/C20H22ClN3/c1-16(19-4-2-3-5-20(19)21)24-12-10-23(11-13-24)15-18-8-6-17(14-22)7-9-18/h2-9,16H,10-13,15H2,1H3/t16-/m0/s1. The lowest BCUT2D eigenvalue weighted by Crippen LogP contribution is -2.46. The van der Waals surface area contributed by atoms with Crippen LogP contribution in [0.1, 0.15) is 29.7 Å². The molecule has 0 radical (unpaired) electrons. The summed E-state index contributed by atoms with van der Waals surface area (Å²) < 4.78 is 0. The molecule has 2 aromatic rings. The molecule has 124 valence electrons. The minimum Gasteiger partial charge on any atom is -0.297 e. The van der Waals surface area contributed by atoms with Gasteiger partial charge >= 0.3 is 0 Å². The summed E-state index contributed by atoms with van der Waals surface area (Å²) in [5.74, 6) is 0. The third-order valence-corrected chi connectivity index (χ3v) is 5.14. The van der Waals surface area contributed by atoms with Gasteiger partial charge in [-0.2, -0.15) is 5.26 Å². The van der Waals surface area contributed by atoms with E-state index in [0.29, 0.717) is 6.04 Å². The lowest BCUT2D eigenvalue weighted by atomic mass is 10.1. The first-order valence-electron chi connectivity index (χ1n) is 8.37. The van der Waals surface area contributed by atoms with Gasteiger partial charge in [-0.3, -0.25) is 9.80 Å². The number of nitrogens with zero attached hydrogens (tertiary/aromatic N) is 3. The van der Waals surface area contributed by atoms with Gasteiger partial charge in [0.25, 0.3) is 0 Å². The van der Waals surface area contributed by atoms with Crippen LogP contribution in [0, 0.1) is 11.3 Å². The van der Waals surface area contributed by atoms with Crippen LogP contribution in [0.2, 0.25) is 5.02 Å². The molecule has 1 saturated heterocycles. The van der Waals surface area contributed by atoms with Gasteiger partial charge in [-0.05, 0) is 36.2 Å². The number of rotatable bonds is 4. The Kier molecular flexibility index (Phi) is 5.52. The second-order valence-electron chi connectivity index (χ2n) is 6.32. The zero-order valence-electron chi connectivity index (χ0n) is 14.0. The van der Waals surface area contributed by atoms with Crippen LogP contribution >= 0.6 is 11.6 Å². The van der Waals surface area contributed by atoms with E-state index in [1.165, 1.54) is 11.1 Å². The van der Waals surface area contributed by atoms with Gasteiger partial charge in [-0.1, -0.05) is 41.9 Å². The van der Waals surface area contributed by atoms with Crippen molar-refractivity contribution in [2.24, 2.45) is 0 Å². The molecule has 24 heavy (non-hydrogen) atoms. The van der Waals surface area contributed by atoms with Crippen molar-refractivity contribution in [2.45, 2.75) is 19.5 Å². The number of benzene rings is 2. The Labute approximate surface area is 149 Å². The van der Waals surface area contributed by atoms with Crippen LogP contribution in [0.15, 0.2) is 48.5 Å². The fourth-order valence-electron chi connectivity index (χ4n) is 3.26. The minimum atomic E-state index is 0.343. The molecule has 0 bridgehead atoms. The van der Waals surface area contributed by atoms with Crippen molar-refractivity contribution < 1.29 is 0 Å². The summed E-state index contributed by atoms with van der Waals surface area (Å²) in [4.78, 5) is 4.97. The topological polar surface area (TPSA) is 30.3 Å². The first kappa shape index (κ1) is 17.0. The Hall–Kier alpha value is -1.86.